The molecule has 0 heterocycles. The lowest BCUT2D eigenvalue weighted by atomic mass is 10.6. The Balaban J connectivity index is 0. The van der Waals surface area contributed by atoms with E-state index >= 15 is 0 Å². The van der Waals surface area contributed by atoms with Gasteiger partial charge in [-0.15, -0.1) is 12.4 Å². The van der Waals surface area contributed by atoms with Crippen molar-refractivity contribution in [3.05, 3.63) is 0 Å². The van der Waals surface area contributed by atoms with Gasteiger partial charge in [-0.25, -0.2) is 0 Å². The Kier molecular flexibility index (Phi) is 9.87. The Bertz CT molecular complexity index is 69.4. The van der Waals surface area contributed by atoms with Gasteiger partial charge in [0.2, 0.25) is 5.91 Å². The lowest BCUT2D eigenvalue weighted by Gasteiger charge is -1.97. The number of halogens is 1. The molecular formula is C5H13ClN2O. The molecule has 1 amide bonds. The topological polar surface area (TPSA) is 41.1 Å². The first-order valence-corrected chi connectivity index (χ1v) is 2.72. The zero-order valence-corrected chi connectivity index (χ0v) is 6.55. The van der Waals surface area contributed by atoms with E-state index in [0.29, 0.717) is 13.1 Å². The fraction of sp³-hybridized carbons (Fsp3) is 0.800. The van der Waals surface area contributed by atoms with Crippen molar-refractivity contribution in [3.63, 3.8) is 0 Å². The molecule has 0 saturated heterocycles. The molecule has 0 atom stereocenters. The molecule has 0 bridgehead atoms. The molecule has 2 N–H and O–H groups in total. The summed E-state index contributed by atoms with van der Waals surface area (Å²) in [6.45, 7) is 3.02. The van der Waals surface area contributed by atoms with Gasteiger partial charge in [0.25, 0.3) is 0 Å². The molecule has 56 valence electrons. The van der Waals surface area contributed by atoms with Crippen LogP contribution in [0.4, 0.5) is 0 Å². The monoisotopic (exact) mass is 152 g/mol. The Labute approximate surface area is 61.6 Å². The minimum Gasteiger partial charge on any atom is -0.355 e. The van der Waals surface area contributed by atoms with E-state index in [4.69, 9.17) is 0 Å². The molecule has 0 aliphatic heterocycles. The first-order chi connectivity index (χ1) is 3.81. The number of hydrogen-bond acceptors (Lipinski definition) is 2. The highest BCUT2D eigenvalue weighted by molar-refractivity contribution is 5.85. The fourth-order valence-electron chi connectivity index (χ4n) is 0.420. The molecule has 0 aliphatic carbocycles. The van der Waals surface area contributed by atoms with Crippen LogP contribution in [0.5, 0.6) is 0 Å². The van der Waals surface area contributed by atoms with E-state index in [0.717, 1.165) is 0 Å². The lowest BCUT2D eigenvalue weighted by molar-refractivity contribution is -0.120. The summed E-state index contributed by atoms with van der Waals surface area (Å²) in [7, 11) is 1.75. The van der Waals surface area contributed by atoms with Crippen molar-refractivity contribution in [2.75, 3.05) is 20.1 Å². The third kappa shape index (κ3) is 7.72. The average molecular weight is 153 g/mol. The van der Waals surface area contributed by atoms with Crippen LogP contribution in [-0.4, -0.2) is 26.0 Å². The van der Waals surface area contributed by atoms with Crippen LogP contribution >= 0.6 is 12.4 Å². The second-order valence-electron chi connectivity index (χ2n) is 1.48. The largest absolute Gasteiger partial charge is 0.355 e. The van der Waals surface area contributed by atoms with Gasteiger partial charge in [-0.1, -0.05) is 0 Å². The quantitative estimate of drug-likeness (QED) is 0.587. The van der Waals surface area contributed by atoms with Crippen molar-refractivity contribution in [1.29, 1.82) is 0 Å². The highest BCUT2D eigenvalue weighted by atomic mass is 35.5. The molecule has 4 heteroatoms. The van der Waals surface area contributed by atoms with Crippen molar-refractivity contribution in [2.24, 2.45) is 0 Å². The Morgan fingerprint density at radius 2 is 2.11 bits per heavy atom. The summed E-state index contributed by atoms with van der Waals surface area (Å²) in [5.41, 5.74) is 0. The van der Waals surface area contributed by atoms with Gasteiger partial charge >= 0.3 is 0 Å². The average Bonchev–Trinajstić information content (AvgIpc) is 1.68. The molecule has 0 fully saturated rings. The molecular weight excluding hydrogens is 140 g/mol. The number of amides is 1. The molecule has 0 saturated carbocycles. The Hall–Kier alpha value is -0.280. The Morgan fingerprint density at radius 3 is 2.44 bits per heavy atom. The maximum Gasteiger partial charge on any atom is 0.233 e. The van der Waals surface area contributed by atoms with Gasteiger partial charge in [0.15, 0.2) is 0 Å². The van der Waals surface area contributed by atoms with E-state index in [-0.39, 0.29) is 18.3 Å². The number of nitrogens with one attached hydrogen (secondary N) is 2. The molecule has 0 aliphatic rings. The number of hydrogen-bond donors (Lipinski definition) is 2. The first-order valence-electron chi connectivity index (χ1n) is 2.72. The maximum absolute atomic E-state index is 10.5. The van der Waals surface area contributed by atoms with Crippen LogP contribution < -0.4 is 10.6 Å². The van der Waals surface area contributed by atoms with Crippen LogP contribution in [0.3, 0.4) is 0 Å². The van der Waals surface area contributed by atoms with Crippen molar-refractivity contribution in [3.8, 4) is 0 Å². The van der Waals surface area contributed by atoms with Gasteiger partial charge in [0, 0.05) is 6.54 Å². The number of carbonyl (C=O) groups excluding carboxylic acids is 1. The second kappa shape index (κ2) is 7.72. The van der Waals surface area contributed by atoms with E-state index < -0.39 is 0 Å². The first kappa shape index (κ1) is 11.5. The minimum atomic E-state index is 0. The van der Waals surface area contributed by atoms with E-state index in [1.807, 2.05) is 6.92 Å². The predicted molar refractivity (Wildman–Crippen MR) is 39.9 cm³/mol. The smallest absolute Gasteiger partial charge is 0.233 e. The van der Waals surface area contributed by atoms with Gasteiger partial charge in [-0.05, 0) is 14.0 Å². The summed E-state index contributed by atoms with van der Waals surface area (Å²) in [4.78, 5) is 10.5. The summed E-state index contributed by atoms with van der Waals surface area (Å²) >= 11 is 0. The zero-order valence-electron chi connectivity index (χ0n) is 5.73. The molecule has 0 unspecified atom stereocenters. The molecule has 0 aromatic carbocycles. The maximum atomic E-state index is 10.5. The van der Waals surface area contributed by atoms with Gasteiger partial charge < -0.3 is 10.6 Å². The van der Waals surface area contributed by atoms with Gasteiger partial charge in [0.1, 0.15) is 0 Å². The number of rotatable bonds is 3. The molecule has 3 nitrogen and oxygen atoms in total. The second-order valence-corrected chi connectivity index (χ2v) is 1.48. The third-order valence-electron chi connectivity index (χ3n) is 0.711. The molecule has 9 heavy (non-hydrogen) atoms. The summed E-state index contributed by atoms with van der Waals surface area (Å²) < 4.78 is 0. The minimum absolute atomic E-state index is 0. The molecule has 0 spiro atoms. The van der Waals surface area contributed by atoms with Crippen LogP contribution in [0.1, 0.15) is 6.92 Å². The van der Waals surface area contributed by atoms with Crippen molar-refractivity contribution < 1.29 is 4.79 Å². The number of likely N-dealkylation sites (N-methyl/N-ethyl adjacent to an activating group) is 2. The van der Waals surface area contributed by atoms with E-state index in [1.54, 1.807) is 7.05 Å². The lowest BCUT2D eigenvalue weighted by Crippen LogP contribution is -2.31. The van der Waals surface area contributed by atoms with Crippen molar-refractivity contribution in [2.45, 2.75) is 6.92 Å². The van der Waals surface area contributed by atoms with Crippen LogP contribution in [-0.2, 0) is 4.79 Å². The van der Waals surface area contributed by atoms with Crippen LogP contribution in [0.15, 0.2) is 0 Å². The summed E-state index contributed by atoms with van der Waals surface area (Å²) in [6, 6.07) is 0. The molecule has 0 radical (unpaired) electrons. The molecule has 0 rings (SSSR count). The van der Waals surface area contributed by atoms with E-state index in [1.165, 1.54) is 0 Å². The highest BCUT2D eigenvalue weighted by Crippen LogP contribution is 1.58. The van der Waals surface area contributed by atoms with Crippen LogP contribution in [0.25, 0.3) is 0 Å². The SMILES string of the molecule is CCNC(=O)CNC.Cl. The van der Waals surface area contributed by atoms with Gasteiger partial charge in [0.05, 0.1) is 6.54 Å². The van der Waals surface area contributed by atoms with E-state index in [9.17, 15) is 4.79 Å². The standard InChI is InChI=1S/C5H12N2O.ClH/c1-3-7-5(8)4-6-2;/h6H,3-4H2,1-2H3,(H,7,8);1H. The highest BCUT2D eigenvalue weighted by Gasteiger charge is 1.91. The van der Waals surface area contributed by atoms with Crippen LogP contribution in [0.2, 0.25) is 0 Å². The molecule has 0 aromatic rings. The molecule has 0 aromatic heterocycles. The van der Waals surface area contributed by atoms with Gasteiger partial charge in [-0.2, -0.15) is 0 Å². The van der Waals surface area contributed by atoms with Gasteiger partial charge in [-0.3, -0.25) is 4.79 Å². The third-order valence-corrected chi connectivity index (χ3v) is 0.711. The summed E-state index contributed by atoms with van der Waals surface area (Å²) in [6.07, 6.45) is 0. The Morgan fingerprint density at radius 1 is 1.56 bits per heavy atom. The fourth-order valence-corrected chi connectivity index (χ4v) is 0.420. The van der Waals surface area contributed by atoms with E-state index in [2.05, 4.69) is 10.6 Å². The zero-order chi connectivity index (χ0) is 6.41. The summed E-state index contributed by atoms with van der Waals surface area (Å²) in [5, 5.41) is 5.39. The van der Waals surface area contributed by atoms with Crippen molar-refractivity contribution in [1.82, 2.24) is 10.6 Å². The van der Waals surface area contributed by atoms with Crippen LogP contribution in [0, 0.1) is 0 Å². The summed E-state index contributed by atoms with van der Waals surface area (Å²) in [5.74, 6) is 0.0509. The van der Waals surface area contributed by atoms with Crippen molar-refractivity contribution >= 4 is 18.3 Å². The normalized spacial score (nSPS) is 7.78. The number of carbonyl (C=O) groups is 1. The predicted octanol–water partition coefficient (Wildman–Crippen LogP) is -0.236.